The molecule has 0 aromatic heterocycles. The lowest BCUT2D eigenvalue weighted by Crippen LogP contribution is -1.80. The molecule has 2 aromatic rings. The van der Waals surface area contributed by atoms with Gasteiger partial charge in [-0.05, 0) is 24.0 Å². The van der Waals surface area contributed by atoms with Gasteiger partial charge >= 0.3 is 0 Å². The molecule has 0 fully saturated rings. The maximum Gasteiger partial charge on any atom is -0.0132 e. The first kappa shape index (κ1) is 13.4. The summed E-state index contributed by atoms with van der Waals surface area (Å²) in [5.41, 5.74) is 4.00. The zero-order valence-electron chi connectivity index (χ0n) is 11.4. The molecule has 19 heavy (non-hydrogen) atoms. The van der Waals surface area contributed by atoms with E-state index in [4.69, 9.17) is 0 Å². The Balaban J connectivity index is 2.00. The Hall–Kier alpha value is -2.08. The summed E-state index contributed by atoms with van der Waals surface area (Å²) in [6.07, 6.45) is 8.83. The molecule has 0 unspecified atom stereocenters. The third-order valence-electron chi connectivity index (χ3n) is 3.11. The van der Waals surface area contributed by atoms with Gasteiger partial charge in [0.25, 0.3) is 0 Å². The average Bonchev–Trinajstić information content (AvgIpc) is 2.48. The summed E-state index contributed by atoms with van der Waals surface area (Å²) in [4.78, 5) is 0. The third kappa shape index (κ3) is 4.59. The van der Waals surface area contributed by atoms with Crippen LogP contribution < -0.4 is 0 Å². The van der Waals surface area contributed by atoms with Crippen molar-refractivity contribution in [2.24, 2.45) is 0 Å². The molecule has 2 rings (SSSR count). The summed E-state index contributed by atoms with van der Waals surface area (Å²) in [6, 6.07) is 21.0. The molecule has 0 amide bonds. The van der Waals surface area contributed by atoms with Gasteiger partial charge in [-0.3, -0.25) is 0 Å². The first-order valence-corrected chi connectivity index (χ1v) is 6.84. The lowest BCUT2D eigenvalue weighted by atomic mass is 10.0. The zero-order valence-corrected chi connectivity index (χ0v) is 11.4. The molecular weight excluding hydrogens is 228 g/mol. The van der Waals surface area contributed by atoms with Gasteiger partial charge in [-0.25, -0.2) is 0 Å². The molecule has 0 N–H and O–H groups in total. The van der Waals surface area contributed by atoms with E-state index in [2.05, 4.69) is 79.7 Å². The van der Waals surface area contributed by atoms with Crippen molar-refractivity contribution in [3.8, 4) is 0 Å². The molecule has 0 saturated carbocycles. The van der Waals surface area contributed by atoms with Crippen LogP contribution in [0.4, 0.5) is 0 Å². The van der Waals surface area contributed by atoms with Gasteiger partial charge in [0.05, 0.1) is 0 Å². The lowest BCUT2D eigenvalue weighted by Gasteiger charge is -2.01. The summed E-state index contributed by atoms with van der Waals surface area (Å²) < 4.78 is 0. The SMILES string of the molecule is CC/C(=C\c1ccccc1)C/C=C/c1ccccc1. The maximum absolute atomic E-state index is 2.29. The Morgan fingerprint density at radius 2 is 1.42 bits per heavy atom. The molecule has 0 nitrogen and oxygen atoms in total. The predicted octanol–water partition coefficient (Wildman–Crippen LogP) is 5.58. The smallest absolute Gasteiger partial charge is 0.0132 e. The normalized spacial score (nSPS) is 11.9. The second-order valence-corrected chi connectivity index (χ2v) is 4.58. The molecule has 0 radical (unpaired) electrons. The molecule has 0 spiro atoms. The summed E-state index contributed by atoms with van der Waals surface area (Å²) in [7, 11) is 0. The van der Waals surface area contributed by atoms with E-state index >= 15 is 0 Å². The van der Waals surface area contributed by atoms with Gasteiger partial charge < -0.3 is 0 Å². The second kappa shape index (κ2) is 7.38. The number of hydrogen-bond acceptors (Lipinski definition) is 0. The summed E-state index contributed by atoms with van der Waals surface area (Å²) >= 11 is 0. The molecule has 0 bridgehead atoms. The Morgan fingerprint density at radius 1 is 0.842 bits per heavy atom. The highest BCUT2D eigenvalue weighted by Gasteiger charge is 1.93. The minimum atomic E-state index is 1.01. The first-order valence-electron chi connectivity index (χ1n) is 6.84. The van der Waals surface area contributed by atoms with Gasteiger partial charge in [-0.1, -0.05) is 91.4 Å². The zero-order chi connectivity index (χ0) is 13.3. The summed E-state index contributed by atoms with van der Waals surface area (Å²) in [6.45, 7) is 2.21. The van der Waals surface area contributed by atoms with Crippen molar-refractivity contribution < 1.29 is 0 Å². The van der Waals surface area contributed by atoms with Gasteiger partial charge in [0.15, 0.2) is 0 Å². The minimum absolute atomic E-state index is 1.01. The van der Waals surface area contributed by atoms with E-state index in [1.165, 1.54) is 16.7 Å². The first-order chi connectivity index (χ1) is 9.38. The third-order valence-corrected chi connectivity index (χ3v) is 3.11. The predicted molar refractivity (Wildman–Crippen MR) is 84.8 cm³/mol. The summed E-state index contributed by atoms with van der Waals surface area (Å²) in [5, 5.41) is 0. The van der Waals surface area contributed by atoms with Crippen molar-refractivity contribution in [2.75, 3.05) is 0 Å². The molecule has 96 valence electrons. The molecule has 0 aliphatic carbocycles. The number of benzene rings is 2. The quantitative estimate of drug-likeness (QED) is 0.647. The van der Waals surface area contributed by atoms with Crippen molar-refractivity contribution >= 4 is 12.2 Å². The van der Waals surface area contributed by atoms with Gasteiger partial charge in [-0.2, -0.15) is 0 Å². The Kier molecular flexibility index (Phi) is 5.18. The fraction of sp³-hybridized carbons (Fsp3) is 0.158. The van der Waals surface area contributed by atoms with E-state index in [0.29, 0.717) is 0 Å². The second-order valence-electron chi connectivity index (χ2n) is 4.58. The van der Waals surface area contributed by atoms with Crippen molar-refractivity contribution in [3.63, 3.8) is 0 Å². The van der Waals surface area contributed by atoms with Crippen LogP contribution in [0.25, 0.3) is 12.2 Å². The number of rotatable bonds is 5. The molecule has 0 saturated heterocycles. The van der Waals surface area contributed by atoms with Crippen LogP contribution >= 0.6 is 0 Å². The Bertz CT molecular complexity index is 533. The standard InChI is InChI=1S/C19H20/c1-2-17(16-19-12-7-4-8-13-19)14-9-15-18-10-5-3-6-11-18/h3-13,15-16H,2,14H2,1H3/b15-9+,17-16+. The van der Waals surface area contributed by atoms with Crippen LogP contribution in [-0.2, 0) is 0 Å². The Labute approximate surface area is 116 Å². The van der Waals surface area contributed by atoms with Crippen LogP contribution in [0, 0.1) is 0 Å². The average molecular weight is 248 g/mol. The van der Waals surface area contributed by atoms with Crippen molar-refractivity contribution in [1.82, 2.24) is 0 Å². The van der Waals surface area contributed by atoms with E-state index in [1.54, 1.807) is 0 Å². The minimum Gasteiger partial charge on any atom is -0.0799 e. The lowest BCUT2D eigenvalue weighted by molar-refractivity contribution is 1.05. The van der Waals surface area contributed by atoms with Crippen LogP contribution in [-0.4, -0.2) is 0 Å². The van der Waals surface area contributed by atoms with Gasteiger partial charge in [-0.15, -0.1) is 0 Å². The van der Waals surface area contributed by atoms with Crippen molar-refractivity contribution in [2.45, 2.75) is 19.8 Å². The summed E-state index contributed by atoms with van der Waals surface area (Å²) in [5.74, 6) is 0. The molecule has 0 heterocycles. The van der Waals surface area contributed by atoms with E-state index in [1.807, 2.05) is 6.07 Å². The van der Waals surface area contributed by atoms with Gasteiger partial charge in [0, 0.05) is 0 Å². The molecular formula is C19H20. The fourth-order valence-corrected chi connectivity index (χ4v) is 2.00. The van der Waals surface area contributed by atoms with Crippen molar-refractivity contribution in [3.05, 3.63) is 83.4 Å². The highest BCUT2D eigenvalue weighted by atomic mass is 14.0. The van der Waals surface area contributed by atoms with E-state index in [0.717, 1.165) is 12.8 Å². The highest BCUT2D eigenvalue weighted by molar-refractivity contribution is 5.54. The molecule has 0 heteroatoms. The monoisotopic (exact) mass is 248 g/mol. The topological polar surface area (TPSA) is 0 Å². The van der Waals surface area contributed by atoms with Crippen LogP contribution in [0.15, 0.2) is 72.3 Å². The van der Waals surface area contributed by atoms with Crippen molar-refractivity contribution in [1.29, 1.82) is 0 Å². The maximum atomic E-state index is 2.29. The van der Waals surface area contributed by atoms with Crippen LogP contribution in [0.1, 0.15) is 30.9 Å². The van der Waals surface area contributed by atoms with E-state index < -0.39 is 0 Å². The highest BCUT2D eigenvalue weighted by Crippen LogP contribution is 2.14. The Morgan fingerprint density at radius 3 is 2.00 bits per heavy atom. The fourth-order valence-electron chi connectivity index (χ4n) is 2.00. The van der Waals surface area contributed by atoms with Crippen LogP contribution in [0.2, 0.25) is 0 Å². The number of allylic oxidation sites excluding steroid dienone is 2. The molecule has 0 aliphatic rings. The van der Waals surface area contributed by atoms with E-state index in [9.17, 15) is 0 Å². The molecule has 2 aromatic carbocycles. The van der Waals surface area contributed by atoms with Gasteiger partial charge in [0.2, 0.25) is 0 Å². The molecule has 0 atom stereocenters. The van der Waals surface area contributed by atoms with Crippen LogP contribution in [0.3, 0.4) is 0 Å². The molecule has 0 aliphatic heterocycles. The van der Waals surface area contributed by atoms with Crippen LogP contribution in [0.5, 0.6) is 0 Å². The number of hydrogen-bond donors (Lipinski definition) is 0. The van der Waals surface area contributed by atoms with Gasteiger partial charge in [0.1, 0.15) is 0 Å². The largest absolute Gasteiger partial charge is 0.0799 e. The van der Waals surface area contributed by atoms with E-state index in [-0.39, 0.29) is 0 Å².